The van der Waals surface area contributed by atoms with Crippen LogP contribution in [0.25, 0.3) is 0 Å². The molecular formula is C19H23NO. The van der Waals surface area contributed by atoms with Crippen LogP contribution >= 0.6 is 0 Å². The van der Waals surface area contributed by atoms with E-state index in [1.54, 1.807) is 6.07 Å². The summed E-state index contributed by atoms with van der Waals surface area (Å²) in [6.45, 7) is 5.31. The van der Waals surface area contributed by atoms with Gasteiger partial charge in [-0.3, -0.25) is 0 Å². The van der Waals surface area contributed by atoms with Gasteiger partial charge in [0.05, 0.1) is 0 Å². The molecule has 2 N–H and O–H groups in total. The van der Waals surface area contributed by atoms with Gasteiger partial charge in [0.1, 0.15) is 5.75 Å². The molecule has 0 saturated carbocycles. The second-order valence-corrected chi connectivity index (χ2v) is 6.21. The summed E-state index contributed by atoms with van der Waals surface area (Å²) >= 11 is 0. The van der Waals surface area contributed by atoms with Gasteiger partial charge >= 0.3 is 0 Å². The van der Waals surface area contributed by atoms with E-state index < -0.39 is 0 Å². The first-order valence-electron chi connectivity index (χ1n) is 7.78. The Labute approximate surface area is 126 Å². The number of fused-ring (bicyclic) bond motifs is 1. The van der Waals surface area contributed by atoms with Crippen LogP contribution in [0.15, 0.2) is 42.5 Å². The van der Waals surface area contributed by atoms with Crippen molar-refractivity contribution in [1.82, 2.24) is 5.32 Å². The normalized spacial score (nSPS) is 17.2. The molecule has 0 saturated heterocycles. The van der Waals surface area contributed by atoms with Crippen LogP contribution < -0.4 is 5.32 Å². The van der Waals surface area contributed by atoms with Gasteiger partial charge in [-0.1, -0.05) is 50.2 Å². The molecule has 0 bridgehead atoms. The van der Waals surface area contributed by atoms with Gasteiger partial charge in [-0.25, -0.2) is 0 Å². The molecule has 1 aliphatic rings. The molecule has 110 valence electrons. The van der Waals surface area contributed by atoms with Crippen molar-refractivity contribution in [2.24, 2.45) is 0 Å². The number of rotatable bonds is 4. The summed E-state index contributed by atoms with van der Waals surface area (Å²) in [5, 5.41) is 13.5. The van der Waals surface area contributed by atoms with Crippen molar-refractivity contribution in [2.75, 3.05) is 0 Å². The van der Waals surface area contributed by atoms with E-state index in [-0.39, 0.29) is 0 Å². The molecule has 21 heavy (non-hydrogen) atoms. The van der Waals surface area contributed by atoms with Crippen LogP contribution in [0, 0.1) is 0 Å². The first-order chi connectivity index (χ1) is 10.1. The summed E-state index contributed by atoms with van der Waals surface area (Å²) in [5.41, 5.74) is 5.07. The van der Waals surface area contributed by atoms with Gasteiger partial charge in [0.2, 0.25) is 0 Å². The number of phenolic OH excluding ortho intramolecular Hbond substituents is 1. The van der Waals surface area contributed by atoms with Gasteiger partial charge in [-0.2, -0.15) is 0 Å². The van der Waals surface area contributed by atoms with Crippen LogP contribution in [-0.2, 0) is 13.0 Å². The van der Waals surface area contributed by atoms with Crippen molar-refractivity contribution in [2.45, 2.75) is 45.2 Å². The Morgan fingerprint density at radius 3 is 2.62 bits per heavy atom. The van der Waals surface area contributed by atoms with E-state index in [2.05, 4.69) is 49.5 Å². The molecule has 0 aliphatic heterocycles. The highest BCUT2D eigenvalue weighted by Gasteiger charge is 2.23. The number of aromatic hydroxyl groups is 1. The summed E-state index contributed by atoms with van der Waals surface area (Å²) in [6, 6.07) is 15.1. The molecule has 2 heteroatoms. The van der Waals surface area contributed by atoms with E-state index in [0.717, 1.165) is 24.9 Å². The van der Waals surface area contributed by atoms with Crippen LogP contribution in [0.2, 0.25) is 0 Å². The minimum atomic E-state index is 0.358. The average Bonchev–Trinajstić information content (AvgIpc) is 2.90. The molecule has 3 rings (SSSR count). The van der Waals surface area contributed by atoms with E-state index in [9.17, 15) is 5.11 Å². The standard InChI is InChI=1S/C19H23NO/c1-13(2)15-8-6-14(7-9-15)12-20-18-11-10-17-16(18)4-3-5-19(17)21/h3-9,13,18,20-21H,10-12H2,1-2H3. The summed E-state index contributed by atoms with van der Waals surface area (Å²) in [7, 11) is 0. The molecule has 2 nitrogen and oxygen atoms in total. The predicted molar refractivity (Wildman–Crippen MR) is 86.5 cm³/mol. The maximum atomic E-state index is 9.89. The highest BCUT2D eigenvalue weighted by molar-refractivity contribution is 5.44. The SMILES string of the molecule is CC(C)c1ccc(CNC2CCc3c(O)cccc32)cc1. The highest BCUT2D eigenvalue weighted by atomic mass is 16.3. The summed E-state index contributed by atoms with van der Waals surface area (Å²) < 4.78 is 0. The largest absolute Gasteiger partial charge is 0.508 e. The summed E-state index contributed by atoms with van der Waals surface area (Å²) in [5.74, 6) is 1.02. The van der Waals surface area contributed by atoms with Crippen molar-refractivity contribution in [3.05, 3.63) is 64.7 Å². The minimum absolute atomic E-state index is 0.358. The van der Waals surface area contributed by atoms with Crippen LogP contribution in [0.3, 0.4) is 0 Å². The van der Waals surface area contributed by atoms with Gasteiger partial charge < -0.3 is 10.4 Å². The first kappa shape index (κ1) is 14.2. The minimum Gasteiger partial charge on any atom is -0.508 e. The van der Waals surface area contributed by atoms with E-state index in [4.69, 9.17) is 0 Å². The second-order valence-electron chi connectivity index (χ2n) is 6.21. The fourth-order valence-corrected chi connectivity index (χ4v) is 3.11. The topological polar surface area (TPSA) is 32.3 Å². The Balaban J connectivity index is 1.66. The van der Waals surface area contributed by atoms with Crippen LogP contribution in [0.1, 0.15) is 54.5 Å². The zero-order valence-corrected chi connectivity index (χ0v) is 12.8. The summed E-state index contributed by atoms with van der Waals surface area (Å²) in [4.78, 5) is 0. The van der Waals surface area contributed by atoms with Crippen LogP contribution in [0.4, 0.5) is 0 Å². The second kappa shape index (κ2) is 5.90. The lowest BCUT2D eigenvalue weighted by Crippen LogP contribution is -2.18. The Bertz CT molecular complexity index is 616. The third-order valence-electron chi connectivity index (χ3n) is 4.44. The van der Waals surface area contributed by atoms with Gasteiger partial charge in [-0.05, 0) is 47.1 Å². The number of hydrogen-bond acceptors (Lipinski definition) is 2. The molecule has 1 aliphatic carbocycles. The molecule has 2 aromatic carbocycles. The monoisotopic (exact) mass is 281 g/mol. The van der Waals surface area contributed by atoms with E-state index >= 15 is 0 Å². The van der Waals surface area contributed by atoms with E-state index in [1.165, 1.54) is 16.7 Å². The molecule has 0 heterocycles. The number of nitrogens with one attached hydrogen (secondary N) is 1. The van der Waals surface area contributed by atoms with Gasteiger partial charge in [0.15, 0.2) is 0 Å². The first-order valence-corrected chi connectivity index (χ1v) is 7.78. The van der Waals surface area contributed by atoms with Gasteiger partial charge in [-0.15, -0.1) is 0 Å². The molecule has 0 fully saturated rings. The fourth-order valence-electron chi connectivity index (χ4n) is 3.11. The highest BCUT2D eigenvalue weighted by Crippen LogP contribution is 2.36. The Morgan fingerprint density at radius 1 is 1.14 bits per heavy atom. The third-order valence-corrected chi connectivity index (χ3v) is 4.44. The fraction of sp³-hybridized carbons (Fsp3) is 0.368. The van der Waals surface area contributed by atoms with Crippen molar-refractivity contribution in [1.29, 1.82) is 0 Å². The smallest absolute Gasteiger partial charge is 0.119 e. The molecule has 2 aromatic rings. The number of phenols is 1. The van der Waals surface area contributed by atoms with Crippen molar-refractivity contribution in [3.63, 3.8) is 0 Å². The lowest BCUT2D eigenvalue weighted by Gasteiger charge is -2.15. The van der Waals surface area contributed by atoms with E-state index in [1.807, 2.05) is 6.07 Å². The molecule has 0 aromatic heterocycles. The van der Waals surface area contributed by atoms with Crippen LogP contribution in [-0.4, -0.2) is 5.11 Å². The Morgan fingerprint density at radius 2 is 1.90 bits per heavy atom. The quantitative estimate of drug-likeness (QED) is 0.876. The molecule has 0 amide bonds. The maximum Gasteiger partial charge on any atom is 0.119 e. The number of benzene rings is 2. The lowest BCUT2D eigenvalue weighted by molar-refractivity contribution is 0.469. The average molecular weight is 281 g/mol. The molecule has 0 spiro atoms. The van der Waals surface area contributed by atoms with Gasteiger partial charge in [0, 0.05) is 12.6 Å². The number of hydrogen-bond donors (Lipinski definition) is 2. The molecule has 1 unspecified atom stereocenters. The summed E-state index contributed by atoms with van der Waals surface area (Å²) in [6.07, 6.45) is 2.03. The molecular weight excluding hydrogens is 258 g/mol. The molecule has 1 atom stereocenters. The van der Waals surface area contributed by atoms with Crippen LogP contribution in [0.5, 0.6) is 5.75 Å². The predicted octanol–water partition coefficient (Wildman–Crippen LogP) is 4.29. The van der Waals surface area contributed by atoms with Gasteiger partial charge in [0.25, 0.3) is 0 Å². The maximum absolute atomic E-state index is 9.89. The van der Waals surface area contributed by atoms with Crippen molar-refractivity contribution < 1.29 is 5.11 Å². The third kappa shape index (κ3) is 2.96. The van der Waals surface area contributed by atoms with Crippen molar-refractivity contribution >= 4 is 0 Å². The Hall–Kier alpha value is -1.80. The zero-order valence-electron chi connectivity index (χ0n) is 12.8. The van der Waals surface area contributed by atoms with Crippen molar-refractivity contribution in [3.8, 4) is 5.75 Å². The molecule has 0 radical (unpaired) electrons. The zero-order chi connectivity index (χ0) is 14.8. The lowest BCUT2D eigenvalue weighted by atomic mass is 10.0. The van der Waals surface area contributed by atoms with E-state index in [0.29, 0.717) is 17.7 Å². The Kier molecular flexibility index (Phi) is 3.98.